The van der Waals surface area contributed by atoms with Gasteiger partial charge in [-0.15, -0.1) is 0 Å². The maximum absolute atomic E-state index is 4.78. The fourth-order valence-electron chi connectivity index (χ4n) is 3.47. The van der Waals surface area contributed by atoms with E-state index in [0.717, 1.165) is 45.3 Å². The molecule has 0 atom stereocenters. The summed E-state index contributed by atoms with van der Waals surface area (Å²) >= 11 is 1.57. The number of rotatable bonds is 5. The van der Waals surface area contributed by atoms with Crippen LogP contribution in [0, 0.1) is 0 Å². The van der Waals surface area contributed by atoms with Crippen LogP contribution < -0.4 is 10.6 Å². The van der Waals surface area contributed by atoms with Gasteiger partial charge in [-0.1, -0.05) is 29.5 Å². The molecule has 5 rings (SSSR count). The topological polar surface area (TPSA) is 83.4 Å². The van der Waals surface area contributed by atoms with Crippen LogP contribution in [0.15, 0.2) is 36.8 Å². The van der Waals surface area contributed by atoms with Crippen molar-refractivity contribution < 1.29 is 0 Å². The fourth-order valence-corrected chi connectivity index (χ4v) is 4.34. The van der Waals surface area contributed by atoms with Crippen molar-refractivity contribution in [1.82, 2.24) is 24.5 Å². The Balaban J connectivity index is 1.42. The summed E-state index contributed by atoms with van der Waals surface area (Å²) in [5, 5.41) is 8.75. The van der Waals surface area contributed by atoms with Gasteiger partial charge in [-0.25, -0.2) is 15.0 Å². The summed E-state index contributed by atoms with van der Waals surface area (Å²) in [5.41, 5.74) is 5.23. The Morgan fingerprint density at radius 1 is 1.19 bits per heavy atom. The first kappa shape index (κ1) is 16.1. The second-order valence-electron chi connectivity index (χ2n) is 6.47. The number of hydrogen-bond donors (Lipinski definition) is 3. The number of H-pyrrole nitrogens is 1. The van der Waals surface area contributed by atoms with Crippen molar-refractivity contribution in [3.8, 4) is 0 Å². The minimum atomic E-state index is 0.784. The molecule has 0 fully saturated rings. The van der Waals surface area contributed by atoms with Crippen LogP contribution in [0.2, 0.25) is 0 Å². The lowest BCUT2D eigenvalue weighted by Gasteiger charge is -2.01. The van der Waals surface area contributed by atoms with Gasteiger partial charge in [0.1, 0.15) is 21.4 Å². The number of aromatic nitrogens is 5. The molecule has 0 bridgehead atoms. The maximum atomic E-state index is 4.78. The molecule has 7 nitrogen and oxygen atoms in total. The van der Waals surface area contributed by atoms with Crippen LogP contribution in [0.5, 0.6) is 0 Å². The van der Waals surface area contributed by atoms with E-state index in [0.29, 0.717) is 0 Å². The third-order valence-corrected chi connectivity index (χ3v) is 5.70. The molecule has 0 amide bonds. The summed E-state index contributed by atoms with van der Waals surface area (Å²) in [6.07, 6.45) is 4.82. The van der Waals surface area contributed by atoms with Gasteiger partial charge in [-0.2, -0.15) is 0 Å². The van der Waals surface area contributed by atoms with E-state index in [1.807, 2.05) is 24.7 Å². The van der Waals surface area contributed by atoms with Crippen molar-refractivity contribution in [3.05, 3.63) is 42.4 Å². The number of fused-ring (bicyclic) bond motifs is 4. The highest BCUT2D eigenvalue weighted by Crippen LogP contribution is 2.33. The standard InChI is InChI=1S/C19H19N7S/c1-20-17-14-16(26(2)10-23-14)15-18(25-17)27-19(24-15)21-8-7-11-9-22-13-6-4-3-5-12(11)13/h3-6,9-10,22H,7-8H2,1-2H3,(H,20,25)(H,21,24). The second kappa shape index (κ2) is 6.24. The number of aryl methyl sites for hydroxylation is 1. The Labute approximate surface area is 159 Å². The van der Waals surface area contributed by atoms with Crippen molar-refractivity contribution in [1.29, 1.82) is 0 Å². The molecule has 0 aliphatic rings. The highest BCUT2D eigenvalue weighted by Gasteiger charge is 2.16. The summed E-state index contributed by atoms with van der Waals surface area (Å²) < 4.78 is 2.00. The minimum absolute atomic E-state index is 0.784. The Hall–Kier alpha value is -3.13. The van der Waals surface area contributed by atoms with Gasteiger partial charge in [0.05, 0.1) is 6.33 Å². The molecule has 0 aliphatic carbocycles. The second-order valence-corrected chi connectivity index (χ2v) is 7.45. The zero-order valence-electron chi connectivity index (χ0n) is 15.1. The molecule has 8 heteroatoms. The lowest BCUT2D eigenvalue weighted by molar-refractivity contribution is 0.949. The first-order valence-electron chi connectivity index (χ1n) is 8.83. The number of imidazole rings is 1. The smallest absolute Gasteiger partial charge is 0.185 e. The molecule has 27 heavy (non-hydrogen) atoms. The summed E-state index contributed by atoms with van der Waals surface area (Å²) in [6.45, 7) is 0.815. The van der Waals surface area contributed by atoms with Gasteiger partial charge in [0.15, 0.2) is 10.9 Å². The average Bonchev–Trinajstić information content (AvgIpc) is 3.38. The Morgan fingerprint density at radius 2 is 2.07 bits per heavy atom. The first-order valence-corrected chi connectivity index (χ1v) is 9.64. The van der Waals surface area contributed by atoms with Gasteiger partial charge in [-0.05, 0) is 18.1 Å². The van der Waals surface area contributed by atoms with Gasteiger partial charge >= 0.3 is 0 Å². The van der Waals surface area contributed by atoms with E-state index >= 15 is 0 Å². The average molecular weight is 377 g/mol. The molecule has 0 saturated carbocycles. The van der Waals surface area contributed by atoms with Crippen molar-refractivity contribution in [2.75, 3.05) is 24.2 Å². The van der Waals surface area contributed by atoms with E-state index in [9.17, 15) is 0 Å². The highest BCUT2D eigenvalue weighted by molar-refractivity contribution is 7.21. The molecule has 4 heterocycles. The van der Waals surface area contributed by atoms with Crippen LogP contribution in [0.3, 0.4) is 0 Å². The number of aromatic amines is 1. The molecular formula is C19H19N7S. The van der Waals surface area contributed by atoms with E-state index in [4.69, 9.17) is 4.98 Å². The molecular weight excluding hydrogens is 358 g/mol. The number of thiazole rings is 1. The molecule has 0 aliphatic heterocycles. The zero-order valence-corrected chi connectivity index (χ0v) is 15.9. The minimum Gasteiger partial charge on any atom is -0.371 e. The Bertz CT molecular complexity index is 1260. The quantitative estimate of drug-likeness (QED) is 0.434. The third-order valence-electron chi connectivity index (χ3n) is 4.79. The monoisotopic (exact) mass is 377 g/mol. The maximum Gasteiger partial charge on any atom is 0.185 e. The molecule has 5 aromatic rings. The third kappa shape index (κ3) is 2.60. The van der Waals surface area contributed by atoms with Crippen molar-refractivity contribution >= 4 is 54.6 Å². The van der Waals surface area contributed by atoms with E-state index in [2.05, 4.69) is 50.0 Å². The SMILES string of the molecule is CNc1nc2sc(NCCc3c[nH]c4ccccc34)nc2c2c1ncn2C. The molecule has 4 aromatic heterocycles. The zero-order chi connectivity index (χ0) is 18.4. The van der Waals surface area contributed by atoms with Gasteiger partial charge in [0.25, 0.3) is 0 Å². The van der Waals surface area contributed by atoms with Crippen LogP contribution in [-0.2, 0) is 13.5 Å². The predicted molar refractivity (Wildman–Crippen MR) is 112 cm³/mol. The van der Waals surface area contributed by atoms with Crippen molar-refractivity contribution in [2.45, 2.75) is 6.42 Å². The lowest BCUT2D eigenvalue weighted by Crippen LogP contribution is -2.04. The van der Waals surface area contributed by atoms with E-state index in [1.165, 1.54) is 16.5 Å². The van der Waals surface area contributed by atoms with Crippen molar-refractivity contribution in [2.24, 2.45) is 7.05 Å². The summed E-state index contributed by atoms with van der Waals surface area (Å²) in [6, 6.07) is 8.38. The number of hydrogen-bond acceptors (Lipinski definition) is 6. The summed E-state index contributed by atoms with van der Waals surface area (Å²) in [7, 11) is 3.85. The lowest BCUT2D eigenvalue weighted by atomic mass is 10.1. The number of nitrogens with zero attached hydrogens (tertiary/aromatic N) is 4. The molecule has 0 spiro atoms. The number of benzene rings is 1. The highest BCUT2D eigenvalue weighted by atomic mass is 32.1. The van der Waals surface area contributed by atoms with E-state index in [1.54, 1.807) is 17.7 Å². The molecule has 0 radical (unpaired) electrons. The van der Waals surface area contributed by atoms with Crippen LogP contribution in [0.1, 0.15) is 5.56 Å². The van der Waals surface area contributed by atoms with Crippen LogP contribution in [0.4, 0.5) is 10.9 Å². The largest absolute Gasteiger partial charge is 0.371 e. The van der Waals surface area contributed by atoms with Gasteiger partial charge in [-0.3, -0.25) is 0 Å². The van der Waals surface area contributed by atoms with Gasteiger partial charge < -0.3 is 20.2 Å². The molecule has 136 valence electrons. The van der Waals surface area contributed by atoms with Crippen molar-refractivity contribution in [3.63, 3.8) is 0 Å². The Morgan fingerprint density at radius 3 is 2.96 bits per heavy atom. The number of anilines is 2. The number of pyridine rings is 1. The normalized spacial score (nSPS) is 11.6. The molecule has 0 saturated heterocycles. The van der Waals surface area contributed by atoms with E-state index < -0.39 is 0 Å². The van der Waals surface area contributed by atoms with Crippen LogP contribution in [0.25, 0.3) is 32.3 Å². The molecule has 0 unspecified atom stereocenters. The van der Waals surface area contributed by atoms with Crippen LogP contribution in [-0.4, -0.2) is 38.1 Å². The molecule has 3 N–H and O–H groups in total. The first-order chi connectivity index (χ1) is 13.2. The van der Waals surface area contributed by atoms with Gasteiger partial charge in [0.2, 0.25) is 0 Å². The Kier molecular flexibility index (Phi) is 3.71. The van der Waals surface area contributed by atoms with Crippen LogP contribution >= 0.6 is 11.3 Å². The predicted octanol–water partition coefficient (Wildman–Crippen LogP) is 3.76. The molecule has 1 aromatic carbocycles. The van der Waals surface area contributed by atoms with Gasteiger partial charge in [0, 0.05) is 37.7 Å². The summed E-state index contributed by atoms with van der Waals surface area (Å²) in [5.74, 6) is 0.784. The fraction of sp³-hybridized carbons (Fsp3) is 0.211. The number of nitrogens with one attached hydrogen (secondary N) is 3. The number of para-hydroxylation sites is 1. The summed E-state index contributed by atoms with van der Waals surface area (Å²) in [4.78, 5) is 18.1. The van der Waals surface area contributed by atoms with E-state index in [-0.39, 0.29) is 0 Å².